The number of benzene rings is 3. The Morgan fingerprint density at radius 1 is 0.968 bits per heavy atom. The maximum absolute atomic E-state index is 12.7. The Kier molecular flexibility index (Phi) is 6.67. The lowest BCUT2D eigenvalue weighted by Gasteiger charge is -2.30. The van der Waals surface area contributed by atoms with Crippen LogP contribution in [0.15, 0.2) is 71.6 Å². The van der Waals surface area contributed by atoms with Gasteiger partial charge >= 0.3 is 6.03 Å². The Bertz CT molecular complexity index is 1080. The van der Waals surface area contributed by atoms with Gasteiger partial charge in [0, 0.05) is 24.5 Å². The fourth-order valence-corrected chi connectivity index (χ4v) is 4.98. The Hall–Kier alpha value is -2.71. The van der Waals surface area contributed by atoms with Crippen LogP contribution in [-0.2, 0) is 19.6 Å². The average molecular weight is 454 g/mol. The van der Waals surface area contributed by atoms with Crippen molar-refractivity contribution >= 4 is 40.8 Å². The summed E-state index contributed by atoms with van der Waals surface area (Å²) in [6.45, 7) is 1.26. The van der Waals surface area contributed by atoms with Gasteiger partial charge in [-0.05, 0) is 34.9 Å². The number of anilines is 2. The molecule has 0 aromatic heterocycles. The Morgan fingerprint density at radius 2 is 1.71 bits per heavy atom. The molecule has 160 valence electrons. The molecule has 2 amide bonds. The molecule has 1 heterocycles. The molecule has 4 rings (SSSR count). The highest BCUT2D eigenvalue weighted by Gasteiger charge is 2.34. The number of amides is 2. The molecule has 0 spiro atoms. The van der Waals surface area contributed by atoms with E-state index in [-0.39, 0.29) is 11.5 Å². The molecule has 6 nitrogen and oxygen atoms in total. The summed E-state index contributed by atoms with van der Waals surface area (Å²) >= 11 is 8.14. The Labute approximate surface area is 190 Å². The molecule has 0 bridgehead atoms. The number of hydrogen-bond acceptors (Lipinski definition) is 5. The van der Waals surface area contributed by atoms with E-state index < -0.39 is 0 Å². The smallest absolute Gasteiger partial charge is 0.317 e. The summed E-state index contributed by atoms with van der Waals surface area (Å²) in [5.74, 6) is 0. The number of fused-ring (bicyclic) bond motifs is 1. The monoisotopic (exact) mass is 453 g/mol. The molecule has 1 aliphatic rings. The van der Waals surface area contributed by atoms with Crippen LogP contribution >= 0.6 is 23.4 Å². The summed E-state index contributed by atoms with van der Waals surface area (Å²) in [5, 5.41) is 6.58. The third-order valence-corrected chi connectivity index (χ3v) is 6.55. The molecule has 1 unspecified atom stereocenters. The molecule has 0 aliphatic carbocycles. The summed E-state index contributed by atoms with van der Waals surface area (Å²) in [4.78, 5) is 15.8. The lowest BCUT2D eigenvalue weighted by molar-refractivity contribution is 0.240. The van der Waals surface area contributed by atoms with Crippen LogP contribution in [0.4, 0.5) is 16.2 Å². The number of nitrogens with one attached hydrogen (secondary N) is 2. The fraction of sp³-hybridized carbons (Fsp3) is 0.174. The maximum atomic E-state index is 12.7. The Balaban J connectivity index is 1.53. The first kappa shape index (κ1) is 21.5. The van der Waals surface area contributed by atoms with Gasteiger partial charge in [0.05, 0.1) is 16.4 Å². The second-order valence-electron chi connectivity index (χ2n) is 7.11. The van der Waals surface area contributed by atoms with Gasteiger partial charge in [0.25, 0.3) is 0 Å². The van der Waals surface area contributed by atoms with Crippen LogP contribution in [0, 0.1) is 0 Å². The number of nitrogens with zero attached hydrogens (tertiary/aromatic N) is 1. The third-order valence-electron chi connectivity index (χ3n) is 5.10. The number of para-hydroxylation sites is 2. The van der Waals surface area contributed by atoms with Crippen LogP contribution in [0.5, 0.6) is 0 Å². The van der Waals surface area contributed by atoms with Crippen molar-refractivity contribution in [2.45, 2.75) is 30.0 Å². The van der Waals surface area contributed by atoms with Gasteiger partial charge in [-0.3, -0.25) is 0 Å². The molecule has 31 heavy (non-hydrogen) atoms. The van der Waals surface area contributed by atoms with E-state index in [0.29, 0.717) is 24.7 Å². The molecule has 0 saturated heterocycles. The molecule has 6 N–H and O–H groups in total. The second-order valence-corrected chi connectivity index (χ2v) is 8.64. The molecule has 0 radical (unpaired) electrons. The fourth-order valence-electron chi connectivity index (χ4n) is 3.52. The molecule has 1 aliphatic heterocycles. The lowest BCUT2D eigenvalue weighted by atomic mass is 10.1. The minimum Gasteiger partial charge on any atom is -0.334 e. The van der Waals surface area contributed by atoms with Crippen LogP contribution in [0.1, 0.15) is 16.7 Å². The number of urea groups is 1. The summed E-state index contributed by atoms with van der Waals surface area (Å²) < 4.78 is 0. The number of halogens is 1. The molecular weight excluding hydrogens is 430 g/mol. The highest BCUT2D eigenvalue weighted by molar-refractivity contribution is 8.00. The van der Waals surface area contributed by atoms with Crippen LogP contribution in [0.25, 0.3) is 0 Å². The SMILES string of the molecule is NCc1ccc(CNC(=O)NC2Sc3ccccc3N2c2c(Cl)cccc2CN)cc1. The van der Waals surface area contributed by atoms with Gasteiger partial charge in [0.1, 0.15) is 0 Å². The number of rotatable bonds is 6. The molecule has 0 fully saturated rings. The zero-order valence-corrected chi connectivity index (χ0v) is 18.4. The zero-order chi connectivity index (χ0) is 21.8. The van der Waals surface area contributed by atoms with E-state index in [4.69, 9.17) is 23.1 Å². The summed E-state index contributed by atoms with van der Waals surface area (Å²) in [7, 11) is 0. The van der Waals surface area contributed by atoms with Crippen molar-refractivity contribution in [1.82, 2.24) is 10.6 Å². The zero-order valence-electron chi connectivity index (χ0n) is 16.8. The van der Waals surface area contributed by atoms with Crippen molar-refractivity contribution in [1.29, 1.82) is 0 Å². The van der Waals surface area contributed by atoms with Crippen LogP contribution in [0.2, 0.25) is 5.02 Å². The summed E-state index contributed by atoms with van der Waals surface area (Å²) in [6, 6.07) is 21.3. The predicted molar refractivity (Wildman–Crippen MR) is 127 cm³/mol. The maximum Gasteiger partial charge on any atom is 0.317 e. The number of carbonyl (C=O) groups excluding carboxylic acids is 1. The highest BCUT2D eigenvalue weighted by atomic mass is 35.5. The van der Waals surface area contributed by atoms with Crippen molar-refractivity contribution in [3.63, 3.8) is 0 Å². The van der Waals surface area contributed by atoms with Crippen molar-refractivity contribution in [3.8, 4) is 0 Å². The first-order valence-electron chi connectivity index (χ1n) is 9.95. The van der Waals surface area contributed by atoms with E-state index in [2.05, 4.69) is 10.6 Å². The van der Waals surface area contributed by atoms with E-state index in [1.54, 1.807) is 11.8 Å². The third kappa shape index (κ3) is 4.65. The summed E-state index contributed by atoms with van der Waals surface area (Å²) in [5.41, 5.74) is 16.0. The number of carbonyl (C=O) groups is 1. The molecular formula is C23H24ClN5OS. The van der Waals surface area contributed by atoms with Gasteiger partial charge in [0.2, 0.25) is 0 Å². The Morgan fingerprint density at radius 3 is 2.45 bits per heavy atom. The van der Waals surface area contributed by atoms with Gasteiger partial charge in [-0.1, -0.05) is 71.9 Å². The average Bonchev–Trinajstić information content (AvgIpc) is 3.15. The first-order chi connectivity index (χ1) is 15.1. The van der Waals surface area contributed by atoms with Crippen LogP contribution in [-0.4, -0.2) is 11.5 Å². The van der Waals surface area contributed by atoms with E-state index in [1.165, 1.54) is 0 Å². The van der Waals surface area contributed by atoms with Gasteiger partial charge < -0.3 is 27.0 Å². The molecule has 8 heteroatoms. The number of thioether (sulfide) groups is 1. The largest absolute Gasteiger partial charge is 0.334 e. The number of nitrogens with two attached hydrogens (primary N) is 2. The van der Waals surface area contributed by atoms with E-state index >= 15 is 0 Å². The first-order valence-corrected chi connectivity index (χ1v) is 11.2. The quantitative estimate of drug-likeness (QED) is 0.446. The van der Waals surface area contributed by atoms with Crippen molar-refractivity contribution in [3.05, 3.63) is 88.4 Å². The normalized spacial score (nSPS) is 14.9. The van der Waals surface area contributed by atoms with Gasteiger partial charge in [-0.2, -0.15) is 0 Å². The standard InChI is InChI=1S/C23H24ClN5OS/c24-18-5-3-4-17(13-26)21(18)29-19-6-1-2-7-20(19)31-23(29)28-22(30)27-14-16-10-8-15(12-25)9-11-16/h1-11,23H,12-14,25-26H2,(H2,27,28,30). The van der Waals surface area contributed by atoms with Crippen LogP contribution < -0.4 is 27.0 Å². The topological polar surface area (TPSA) is 96.4 Å². The molecule has 3 aromatic carbocycles. The highest BCUT2D eigenvalue weighted by Crippen LogP contribution is 2.49. The van der Waals surface area contributed by atoms with Crippen LogP contribution in [0.3, 0.4) is 0 Å². The van der Waals surface area contributed by atoms with Gasteiger partial charge in [-0.25, -0.2) is 4.79 Å². The molecule has 1 atom stereocenters. The van der Waals surface area contributed by atoms with Gasteiger partial charge in [-0.15, -0.1) is 0 Å². The lowest BCUT2D eigenvalue weighted by Crippen LogP contribution is -2.46. The predicted octanol–water partition coefficient (Wildman–Crippen LogP) is 4.28. The number of hydrogen-bond donors (Lipinski definition) is 4. The summed E-state index contributed by atoms with van der Waals surface area (Å²) in [6.07, 6.45) is 0. The van der Waals surface area contributed by atoms with Crippen molar-refractivity contribution in [2.75, 3.05) is 4.90 Å². The van der Waals surface area contributed by atoms with E-state index in [1.807, 2.05) is 71.6 Å². The minimum absolute atomic E-state index is 0.264. The second kappa shape index (κ2) is 9.62. The minimum atomic E-state index is -0.359. The molecule has 0 saturated carbocycles. The molecule has 3 aromatic rings. The van der Waals surface area contributed by atoms with E-state index in [9.17, 15) is 4.79 Å². The van der Waals surface area contributed by atoms with Crippen molar-refractivity contribution in [2.24, 2.45) is 11.5 Å². The van der Waals surface area contributed by atoms with Gasteiger partial charge in [0.15, 0.2) is 5.50 Å². The van der Waals surface area contributed by atoms with E-state index in [0.717, 1.165) is 33.0 Å². The van der Waals surface area contributed by atoms with Crippen molar-refractivity contribution < 1.29 is 4.79 Å².